The molecule has 2 nitrogen and oxygen atoms in total. The molecule has 0 unspecified atom stereocenters. The fourth-order valence-electron chi connectivity index (χ4n) is 1.96. The second kappa shape index (κ2) is 3.46. The first-order valence-electron chi connectivity index (χ1n) is 5.24. The number of fused-ring (bicyclic) bond motifs is 1. The fraction of sp³-hybridized carbons (Fsp3) is 0.154. The van der Waals surface area contributed by atoms with Crippen LogP contribution >= 0.6 is 11.3 Å². The van der Waals surface area contributed by atoms with Gasteiger partial charge in [-0.3, -0.25) is 4.40 Å². The predicted octanol–water partition coefficient (Wildman–Crippen LogP) is 3.68. The predicted molar refractivity (Wildman–Crippen MR) is 68.0 cm³/mol. The topological polar surface area (TPSA) is 17.3 Å². The van der Waals surface area contributed by atoms with E-state index < -0.39 is 0 Å². The zero-order chi connectivity index (χ0) is 11.1. The highest BCUT2D eigenvalue weighted by atomic mass is 32.1. The number of rotatable bonds is 1. The molecule has 0 N–H and O–H groups in total. The summed E-state index contributed by atoms with van der Waals surface area (Å²) in [4.78, 5) is 5.67. The highest BCUT2D eigenvalue weighted by molar-refractivity contribution is 7.15. The maximum Gasteiger partial charge on any atom is 0.194 e. The monoisotopic (exact) mass is 228 g/mol. The number of imidazole rings is 1. The number of nitrogens with zero attached hydrogens (tertiary/aromatic N) is 2. The van der Waals surface area contributed by atoms with Crippen molar-refractivity contribution in [2.75, 3.05) is 0 Å². The molecule has 0 atom stereocenters. The van der Waals surface area contributed by atoms with Crippen LogP contribution in [0.4, 0.5) is 0 Å². The van der Waals surface area contributed by atoms with Gasteiger partial charge in [0.1, 0.15) is 0 Å². The number of aryl methyl sites for hydroxylation is 2. The molecular formula is C13H12N2S. The molecule has 0 aliphatic carbocycles. The van der Waals surface area contributed by atoms with E-state index in [-0.39, 0.29) is 0 Å². The van der Waals surface area contributed by atoms with Crippen molar-refractivity contribution in [3.63, 3.8) is 0 Å². The molecular weight excluding hydrogens is 216 g/mol. The first-order valence-corrected chi connectivity index (χ1v) is 6.12. The number of benzene rings is 1. The Kier molecular flexibility index (Phi) is 2.07. The molecule has 0 amide bonds. The normalized spacial score (nSPS) is 11.1. The van der Waals surface area contributed by atoms with Crippen LogP contribution in [0.3, 0.4) is 0 Å². The average molecular weight is 228 g/mol. The lowest BCUT2D eigenvalue weighted by molar-refractivity contribution is 1.23. The smallest absolute Gasteiger partial charge is 0.194 e. The summed E-state index contributed by atoms with van der Waals surface area (Å²) in [7, 11) is 0. The maximum absolute atomic E-state index is 4.61. The van der Waals surface area contributed by atoms with Gasteiger partial charge in [-0.1, -0.05) is 23.8 Å². The van der Waals surface area contributed by atoms with Gasteiger partial charge in [-0.15, -0.1) is 11.3 Å². The van der Waals surface area contributed by atoms with Gasteiger partial charge in [0, 0.05) is 23.3 Å². The van der Waals surface area contributed by atoms with Gasteiger partial charge >= 0.3 is 0 Å². The van der Waals surface area contributed by atoms with Crippen LogP contribution in [0.1, 0.15) is 11.1 Å². The van der Waals surface area contributed by atoms with E-state index in [0.717, 1.165) is 10.7 Å². The molecule has 0 aliphatic rings. The summed E-state index contributed by atoms with van der Waals surface area (Å²) >= 11 is 1.66. The molecule has 0 saturated carbocycles. The van der Waals surface area contributed by atoms with Gasteiger partial charge in [0.2, 0.25) is 0 Å². The zero-order valence-corrected chi connectivity index (χ0v) is 10.1. The molecule has 0 bridgehead atoms. The van der Waals surface area contributed by atoms with Crippen LogP contribution in [0.15, 0.2) is 36.0 Å². The van der Waals surface area contributed by atoms with Gasteiger partial charge in [-0.05, 0) is 19.4 Å². The van der Waals surface area contributed by atoms with Crippen LogP contribution in [0.2, 0.25) is 0 Å². The van der Waals surface area contributed by atoms with Gasteiger partial charge in [0.05, 0.1) is 5.69 Å². The molecule has 0 saturated heterocycles. The summed E-state index contributed by atoms with van der Waals surface area (Å²) in [6.07, 6.45) is 4.13. The third-order valence-corrected chi connectivity index (χ3v) is 3.52. The highest BCUT2D eigenvalue weighted by Gasteiger charge is 2.07. The van der Waals surface area contributed by atoms with Crippen molar-refractivity contribution in [1.82, 2.24) is 9.38 Å². The van der Waals surface area contributed by atoms with Crippen molar-refractivity contribution in [1.29, 1.82) is 0 Å². The van der Waals surface area contributed by atoms with Crippen LogP contribution in [0, 0.1) is 13.8 Å². The summed E-state index contributed by atoms with van der Waals surface area (Å²) < 4.78 is 2.07. The Labute approximate surface area is 98.2 Å². The quantitative estimate of drug-likeness (QED) is 0.621. The Bertz CT molecular complexity index is 620. The molecule has 16 heavy (non-hydrogen) atoms. The molecule has 3 aromatic rings. The van der Waals surface area contributed by atoms with Crippen molar-refractivity contribution in [3.05, 3.63) is 47.1 Å². The average Bonchev–Trinajstić information content (AvgIpc) is 2.76. The Morgan fingerprint density at radius 3 is 2.88 bits per heavy atom. The third kappa shape index (κ3) is 1.44. The molecule has 2 aromatic heterocycles. The van der Waals surface area contributed by atoms with Crippen molar-refractivity contribution >= 4 is 16.3 Å². The molecule has 80 valence electrons. The van der Waals surface area contributed by atoms with Gasteiger partial charge in [-0.25, -0.2) is 4.98 Å². The number of hydrogen-bond donors (Lipinski definition) is 0. The third-order valence-electron chi connectivity index (χ3n) is 2.75. The SMILES string of the molecule is Cc1ccc(-c2cn3ccsc3n2)c(C)c1. The molecule has 0 spiro atoms. The lowest BCUT2D eigenvalue weighted by Gasteiger charge is -2.02. The van der Waals surface area contributed by atoms with E-state index in [1.54, 1.807) is 11.3 Å². The van der Waals surface area contributed by atoms with Crippen LogP contribution in [-0.4, -0.2) is 9.38 Å². The maximum atomic E-state index is 4.61. The molecule has 2 heterocycles. The van der Waals surface area contributed by atoms with E-state index in [0.29, 0.717) is 0 Å². The summed E-state index contributed by atoms with van der Waals surface area (Å²) in [6, 6.07) is 6.48. The summed E-state index contributed by atoms with van der Waals surface area (Å²) in [5.74, 6) is 0. The van der Waals surface area contributed by atoms with Crippen LogP contribution in [0.25, 0.3) is 16.2 Å². The molecule has 3 heteroatoms. The number of thiazole rings is 1. The number of hydrogen-bond acceptors (Lipinski definition) is 2. The Morgan fingerprint density at radius 2 is 2.12 bits per heavy atom. The van der Waals surface area contributed by atoms with Gasteiger partial charge in [-0.2, -0.15) is 0 Å². The van der Waals surface area contributed by atoms with Crippen molar-refractivity contribution < 1.29 is 0 Å². The van der Waals surface area contributed by atoms with Crippen molar-refractivity contribution in [2.45, 2.75) is 13.8 Å². The second-order valence-corrected chi connectivity index (χ2v) is 4.91. The second-order valence-electron chi connectivity index (χ2n) is 4.04. The molecule has 3 rings (SSSR count). The van der Waals surface area contributed by atoms with Gasteiger partial charge in [0.25, 0.3) is 0 Å². The van der Waals surface area contributed by atoms with E-state index >= 15 is 0 Å². The van der Waals surface area contributed by atoms with Gasteiger partial charge in [0.15, 0.2) is 4.96 Å². The Hall–Kier alpha value is -1.61. The van der Waals surface area contributed by atoms with E-state index in [9.17, 15) is 0 Å². The lowest BCUT2D eigenvalue weighted by Crippen LogP contribution is -1.84. The molecule has 0 aliphatic heterocycles. The standard InChI is InChI=1S/C13H12N2S/c1-9-3-4-11(10(2)7-9)12-8-15-5-6-16-13(15)14-12/h3-8H,1-2H3. The van der Waals surface area contributed by atoms with E-state index in [1.807, 2.05) is 11.6 Å². The minimum Gasteiger partial charge on any atom is -0.297 e. The first kappa shape index (κ1) is 9.60. The number of aromatic nitrogens is 2. The summed E-state index contributed by atoms with van der Waals surface area (Å²) in [5, 5.41) is 2.05. The molecule has 1 aromatic carbocycles. The summed E-state index contributed by atoms with van der Waals surface area (Å²) in [5.41, 5.74) is 4.86. The Balaban J connectivity index is 2.19. The van der Waals surface area contributed by atoms with Crippen molar-refractivity contribution in [2.24, 2.45) is 0 Å². The first-order chi connectivity index (χ1) is 7.74. The minimum atomic E-state index is 1.05. The minimum absolute atomic E-state index is 1.05. The fourth-order valence-corrected chi connectivity index (χ4v) is 2.66. The van der Waals surface area contributed by atoms with Crippen LogP contribution in [0.5, 0.6) is 0 Å². The zero-order valence-electron chi connectivity index (χ0n) is 9.27. The van der Waals surface area contributed by atoms with Crippen molar-refractivity contribution in [3.8, 4) is 11.3 Å². The van der Waals surface area contributed by atoms with Crippen LogP contribution < -0.4 is 0 Å². The largest absolute Gasteiger partial charge is 0.297 e. The highest BCUT2D eigenvalue weighted by Crippen LogP contribution is 2.25. The van der Waals surface area contributed by atoms with Crippen LogP contribution in [-0.2, 0) is 0 Å². The molecule has 0 fully saturated rings. The van der Waals surface area contributed by atoms with E-state index in [2.05, 4.69) is 47.6 Å². The molecule has 0 radical (unpaired) electrons. The van der Waals surface area contributed by atoms with E-state index in [4.69, 9.17) is 0 Å². The lowest BCUT2D eigenvalue weighted by atomic mass is 10.0. The van der Waals surface area contributed by atoms with E-state index in [1.165, 1.54) is 16.7 Å². The summed E-state index contributed by atoms with van der Waals surface area (Å²) in [6.45, 7) is 4.25. The Morgan fingerprint density at radius 1 is 1.25 bits per heavy atom. The van der Waals surface area contributed by atoms with Gasteiger partial charge < -0.3 is 0 Å².